The lowest BCUT2D eigenvalue weighted by Crippen LogP contribution is -2.19. The largest absolute Gasteiger partial charge is 0.302 e. The molecule has 0 bridgehead atoms. The van der Waals surface area contributed by atoms with E-state index >= 15 is 0 Å². The molecule has 0 atom stereocenters. The molecule has 3 nitrogen and oxygen atoms in total. The number of benzene rings is 1. The molecule has 1 saturated carbocycles. The number of rotatable bonds is 2. The molecule has 1 amide bonds. The summed E-state index contributed by atoms with van der Waals surface area (Å²) in [4.78, 5) is 16.5. The third-order valence-corrected chi connectivity index (χ3v) is 4.43. The molecule has 1 aromatic carbocycles. The number of fused-ring (bicyclic) bond motifs is 1. The van der Waals surface area contributed by atoms with Crippen molar-refractivity contribution in [1.29, 1.82) is 0 Å². The van der Waals surface area contributed by atoms with E-state index in [9.17, 15) is 4.79 Å². The Labute approximate surface area is 110 Å². The monoisotopic (exact) mass is 260 g/mol. The van der Waals surface area contributed by atoms with Gasteiger partial charge in [-0.1, -0.05) is 30.2 Å². The van der Waals surface area contributed by atoms with Crippen LogP contribution in [0.3, 0.4) is 0 Å². The van der Waals surface area contributed by atoms with E-state index in [1.807, 2.05) is 12.1 Å². The maximum atomic E-state index is 12.0. The summed E-state index contributed by atoms with van der Waals surface area (Å²) in [6.07, 6.45) is 4.40. The molecule has 18 heavy (non-hydrogen) atoms. The minimum Gasteiger partial charge on any atom is -0.302 e. The average molecular weight is 260 g/mol. The molecule has 4 heteroatoms. The van der Waals surface area contributed by atoms with Gasteiger partial charge in [0.25, 0.3) is 0 Å². The van der Waals surface area contributed by atoms with Crippen molar-refractivity contribution in [3.8, 4) is 0 Å². The molecule has 1 heterocycles. The molecule has 1 fully saturated rings. The van der Waals surface area contributed by atoms with Crippen LogP contribution in [0.4, 0.5) is 5.13 Å². The first-order valence-electron chi connectivity index (χ1n) is 6.40. The molecule has 0 aliphatic heterocycles. The number of aryl methyl sites for hydroxylation is 1. The first-order chi connectivity index (χ1) is 8.72. The summed E-state index contributed by atoms with van der Waals surface area (Å²) in [6.45, 7) is 2.07. The van der Waals surface area contributed by atoms with Crippen LogP contribution in [0.15, 0.2) is 18.2 Å². The predicted octanol–water partition coefficient (Wildman–Crippen LogP) is 3.73. The van der Waals surface area contributed by atoms with Crippen LogP contribution in [0.2, 0.25) is 0 Å². The molecule has 3 rings (SSSR count). The van der Waals surface area contributed by atoms with Crippen molar-refractivity contribution in [2.24, 2.45) is 5.92 Å². The van der Waals surface area contributed by atoms with E-state index in [0.29, 0.717) is 0 Å². The summed E-state index contributed by atoms with van der Waals surface area (Å²) in [5.74, 6) is 0.335. The van der Waals surface area contributed by atoms with E-state index in [0.717, 1.165) is 28.2 Å². The van der Waals surface area contributed by atoms with Gasteiger partial charge in [-0.05, 0) is 37.5 Å². The highest BCUT2D eigenvalue weighted by atomic mass is 32.1. The van der Waals surface area contributed by atoms with E-state index in [4.69, 9.17) is 0 Å². The van der Waals surface area contributed by atoms with Gasteiger partial charge in [-0.3, -0.25) is 4.79 Å². The Hall–Kier alpha value is -1.42. The Kier molecular flexibility index (Phi) is 3.04. The van der Waals surface area contributed by atoms with Crippen molar-refractivity contribution in [1.82, 2.24) is 4.98 Å². The lowest BCUT2D eigenvalue weighted by molar-refractivity contribution is -0.119. The second-order valence-corrected chi connectivity index (χ2v) is 5.99. The Bertz CT molecular complexity index is 584. The normalized spacial score (nSPS) is 16.3. The SMILES string of the molecule is Cc1ccc2nc(NC(=O)C3CCCC3)sc2c1. The van der Waals surface area contributed by atoms with Gasteiger partial charge in [0.2, 0.25) is 5.91 Å². The molecule has 94 valence electrons. The lowest BCUT2D eigenvalue weighted by atomic mass is 10.1. The van der Waals surface area contributed by atoms with Crippen molar-refractivity contribution in [2.75, 3.05) is 5.32 Å². The molecular formula is C14H16N2OS. The fourth-order valence-electron chi connectivity index (χ4n) is 2.48. The van der Waals surface area contributed by atoms with Crippen molar-refractivity contribution >= 4 is 32.6 Å². The first kappa shape index (κ1) is 11.7. The predicted molar refractivity (Wildman–Crippen MR) is 74.9 cm³/mol. The molecule has 1 aliphatic carbocycles. The number of hydrogen-bond acceptors (Lipinski definition) is 3. The molecule has 1 N–H and O–H groups in total. The molecule has 0 saturated heterocycles. The molecule has 0 radical (unpaired) electrons. The maximum absolute atomic E-state index is 12.0. The van der Waals surface area contributed by atoms with Gasteiger partial charge in [-0.2, -0.15) is 0 Å². The van der Waals surface area contributed by atoms with Gasteiger partial charge in [0.05, 0.1) is 10.2 Å². The Morgan fingerprint density at radius 3 is 2.94 bits per heavy atom. The van der Waals surface area contributed by atoms with Gasteiger partial charge in [-0.25, -0.2) is 4.98 Å². The summed E-state index contributed by atoms with van der Waals surface area (Å²) < 4.78 is 1.14. The maximum Gasteiger partial charge on any atom is 0.229 e. The van der Waals surface area contributed by atoms with Crippen LogP contribution in [0.1, 0.15) is 31.2 Å². The third-order valence-electron chi connectivity index (χ3n) is 3.50. The van der Waals surface area contributed by atoms with Crippen LogP contribution in [0.5, 0.6) is 0 Å². The Morgan fingerprint density at radius 2 is 2.17 bits per heavy atom. The van der Waals surface area contributed by atoms with Crippen molar-refractivity contribution in [3.05, 3.63) is 23.8 Å². The van der Waals surface area contributed by atoms with E-state index in [-0.39, 0.29) is 11.8 Å². The van der Waals surface area contributed by atoms with Gasteiger partial charge in [0.15, 0.2) is 5.13 Å². The van der Waals surface area contributed by atoms with E-state index in [2.05, 4.69) is 23.3 Å². The van der Waals surface area contributed by atoms with Crippen LogP contribution in [-0.2, 0) is 4.79 Å². The second-order valence-electron chi connectivity index (χ2n) is 4.96. The summed E-state index contributed by atoms with van der Waals surface area (Å²) in [5, 5.41) is 3.69. The lowest BCUT2D eigenvalue weighted by Gasteiger charge is -2.06. The standard InChI is InChI=1S/C14H16N2OS/c1-9-6-7-11-12(8-9)18-14(15-11)16-13(17)10-4-2-3-5-10/h6-8,10H,2-5H2,1H3,(H,15,16,17). The van der Waals surface area contributed by atoms with E-state index in [1.54, 1.807) is 11.3 Å². The summed E-state index contributed by atoms with van der Waals surface area (Å²) >= 11 is 1.56. The smallest absolute Gasteiger partial charge is 0.229 e. The average Bonchev–Trinajstić information content (AvgIpc) is 2.95. The number of carbonyl (C=O) groups is 1. The zero-order chi connectivity index (χ0) is 12.5. The van der Waals surface area contributed by atoms with Crippen LogP contribution in [0, 0.1) is 12.8 Å². The second kappa shape index (κ2) is 4.69. The van der Waals surface area contributed by atoms with Gasteiger partial charge in [-0.15, -0.1) is 0 Å². The molecule has 1 aliphatic rings. The zero-order valence-electron chi connectivity index (χ0n) is 10.4. The van der Waals surface area contributed by atoms with Gasteiger partial charge >= 0.3 is 0 Å². The summed E-state index contributed by atoms with van der Waals surface area (Å²) in [7, 11) is 0. The summed E-state index contributed by atoms with van der Waals surface area (Å²) in [6, 6.07) is 6.16. The van der Waals surface area contributed by atoms with Crippen LogP contribution in [-0.4, -0.2) is 10.9 Å². The topological polar surface area (TPSA) is 42.0 Å². The number of nitrogens with zero attached hydrogens (tertiary/aromatic N) is 1. The highest BCUT2D eigenvalue weighted by Gasteiger charge is 2.23. The quantitative estimate of drug-likeness (QED) is 0.894. The zero-order valence-corrected chi connectivity index (χ0v) is 11.2. The Balaban J connectivity index is 1.79. The number of carbonyl (C=O) groups excluding carboxylic acids is 1. The van der Waals surface area contributed by atoms with Crippen LogP contribution in [0.25, 0.3) is 10.2 Å². The summed E-state index contributed by atoms with van der Waals surface area (Å²) in [5.41, 5.74) is 2.19. The minimum absolute atomic E-state index is 0.142. The minimum atomic E-state index is 0.142. The fourth-order valence-corrected chi connectivity index (χ4v) is 3.45. The number of thiazole rings is 1. The number of nitrogens with one attached hydrogen (secondary N) is 1. The number of hydrogen-bond donors (Lipinski definition) is 1. The number of anilines is 1. The van der Waals surface area contributed by atoms with Crippen molar-refractivity contribution in [3.63, 3.8) is 0 Å². The molecular weight excluding hydrogens is 244 g/mol. The first-order valence-corrected chi connectivity index (χ1v) is 7.22. The van der Waals surface area contributed by atoms with E-state index in [1.165, 1.54) is 18.4 Å². The fraction of sp³-hybridized carbons (Fsp3) is 0.429. The Morgan fingerprint density at radius 1 is 1.39 bits per heavy atom. The van der Waals surface area contributed by atoms with Crippen molar-refractivity contribution in [2.45, 2.75) is 32.6 Å². The van der Waals surface area contributed by atoms with Gasteiger partial charge in [0, 0.05) is 5.92 Å². The van der Waals surface area contributed by atoms with Crippen molar-refractivity contribution < 1.29 is 4.79 Å². The van der Waals surface area contributed by atoms with Gasteiger partial charge < -0.3 is 5.32 Å². The molecule has 1 aromatic heterocycles. The molecule has 0 unspecified atom stereocenters. The molecule has 0 spiro atoms. The van der Waals surface area contributed by atoms with E-state index < -0.39 is 0 Å². The number of aromatic nitrogens is 1. The van der Waals surface area contributed by atoms with Gasteiger partial charge in [0.1, 0.15) is 0 Å². The highest BCUT2D eigenvalue weighted by Crippen LogP contribution is 2.29. The van der Waals surface area contributed by atoms with Crippen LogP contribution >= 0.6 is 11.3 Å². The third kappa shape index (κ3) is 2.25. The highest BCUT2D eigenvalue weighted by molar-refractivity contribution is 7.22. The van der Waals surface area contributed by atoms with Crippen LogP contribution < -0.4 is 5.32 Å². The number of amides is 1. The molecule has 2 aromatic rings.